The first-order chi connectivity index (χ1) is 20.1. The summed E-state index contributed by atoms with van der Waals surface area (Å²) in [5.74, 6) is -0.177. The SMILES string of the molecule is CCCCCCCCC(CCCCCCCC)OC(=O)CCCCCCCN(CCO)CCCC(=O)OCC1CO1. The van der Waals surface area contributed by atoms with Crippen molar-refractivity contribution < 1.29 is 28.9 Å². The number of aliphatic hydroxyl groups excluding tert-OH is 1. The summed E-state index contributed by atoms with van der Waals surface area (Å²) in [6.45, 7) is 8.05. The van der Waals surface area contributed by atoms with Crippen LogP contribution in [0.15, 0.2) is 0 Å². The third kappa shape index (κ3) is 25.1. The average molecular weight is 584 g/mol. The van der Waals surface area contributed by atoms with Gasteiger partial charge in [0.1, 0.15) is 18.8 Å². The summed E-state index contributed by atoms with van der Waals surface area (Å²) in [5, 5.41) is 9.38. The minimum atomic E-state index is -0.167. The van der Waals surface area contributed by atoms with Crippen LogP contribution >= 0.6 is 0 Å². The van der Waals surface area contributed by atoms with Gasteiger partial charge in [-0.3, -0.25) is 9.59 Å². The van der Waals surface area contributed by atoms with Gasteiger partial charge in [0.25, 0.3) is 0 Å². The van der Waals surface area contributed by atoms with Crippen LogP contribution in [0.2, 0.25) is 0 Å². The highest BCUT2D eigenvalue weighted by Crippen LogP contribution is 2.18. The zero-order chi connectivity index (χ0) is 29.8. The minimum Gasteiger partial charge on any atom is -0.463 e. The smallest absolute Gasteiger partial charge is 0.306 e. The van der Waals surface area contributed by atoms with Crippen LogP contribution in [0.3, 0.4) is 0 Å². The first-order valence-electron chi connectivity index (χ1n) is 17.4. The third-order valence-corrected chi connectivity index (χ3v) is 8.02. The Morgan fingerprint density at radius 2 is 1.22 bits per heavy atom. The van der Waals surface area contributed by atoms with Crippen molar-refractivity contribution in [2.45, 2.75) is 167 Å². The van der Waals surface area contributed by atoms with E-state index in [1.54, 1.807) is 0 Å². The first-order valence-corrected chi connectivity index (χ1v) is 17.4. The lowest BCUT2D eigenvalue weighted by atomic mass is 10.0. The number of hydrogen-bond donors (Lipinski definition) is 1. The maximum atomic E-state index is 12.6. The topological polar surface area (TPSA) is 88.6 Å². The summed E-state index contributed by atoms with van der Waals surface area (Å²) in [4.78, 5) is 26.6. The van der Waals surface area contributed by atoms with E-state index in [1.165, 1.54) is 77.0 Å². The number of nitrogens with zero attached hydrogens (tertiary/aromatic N) is 1. The van der Waals surface area contributed by atoms with E-state index in [0.717, 1.165) is 64.5 Å². The van der Waals surface area contributed by atoms with Crippen LogP contribution in [0.5, 0.6) is 0 Å². The Labute approximate surface area is 252 Å². The number of esters is 2. The molecule has 1 saturated heterocycles. The Morgan fingerprint density at radius 1 is 0.707 bits per heavy atom. The van der Waals surface area contributed by atoms with Gasteiger partial charge in [0.15, 0.2) is 0 Å². The summed E-state index contributed by atoms with van der Waals surface area (Å²) >= 11 is 0. The molecule has 0 aliphatic carbocycles. The van der Waals surface area contributed by atoms with E-state index in [1.807, 2.05) is 0 Å². The van der Waals surface area contributed by atoms with Gasteiger partial charge in [-0.2, -0.15) is 0 Å². The van der Waals surface area contributed by atoms with Gasteiger partial charge in [0.05, 0.1) is 13.2 Å². The molecule has 1 heterocycles. The Kier molecular flexibility index (Phi) is 25.5. The van der Waals surface area contributed by atoms with Crippen LogP contribution in [-0.2, 0) is 23.8 Å². The van der Waals surface area contributed by atoms with Crippen LogP contribution in [0.4, 0.5) is 0 Å². The number of ether oxygens (including phenoxy) is 3. The van der Waals surface area contributed by atoms with Crippen molar-refractivity contribution in [3.63, 3.8) is 0 Å². The van der Waals surface area contributed by atoms with E-state index in [-0.39, 0.29) is 30.8 Å². The molecule has 41 heavy (non-hydrogen) atoms. The number of hydrogen-bond acceptors (Lipinski definition) is 7. The lowest BCUT2D eigenvalue weighted by Gasteiger charge is -2.21. The Bertz CT molecular complexity index is 596. The summed E-state index contributed by atoms with van der Waals surface area (Å²) in [5.41, 5.74) is 0. The van der Waals surface area contributed by atoms with E-state index < -0.39 is 0 Å². The van der Waals surface area contributed by atoms with Crippen LogP contribution in [-0.4, -0.2) is 73.6 Å². The molecule has 7 heteroatoms. The van der Waals surface area contributed by atoms with Gasteiger partial charge in [0.2, 0.25) is 0 Å². The van der Waals surface area contributed by atoms with Gasteiger partial charge in [0, 0.05) is 19.4 Å². The molecule has 0 aromatic carbocycles. The van der Waals surface area contributed by atoms with Crippen molar-refractivity contribution in [1.29, 1.82) is 0 Å². The van der Waals surface area contributed by atoms with Crippen molar-refractivity contribution in [2.75, 3.05) is 39.5 Å². The minimum absolute atomic E-state index is 0.00993. The van der Waals surface area contributed by atoms with Crippen LogP contribution < -0.4 is 0 Å². The molecule has 1 unspecified atom stereocenters. The maximum Gasteiger partial charge on any atom is 0.306 e. The second-order valence-electron chi connectivity index (χ2n) is 12.0. The molecule has 242 valence electrons. The molecule has 0 amide bonds. The molecule has 0 radical (unpaired) electrons. The number of carbonyl (C=O) groups is 2. The number of epoxide rings is 1. The summed E-state index contributed by atoms with van der Waals surface area (Å²) in [6.07, 6.45) is 24.5. The fourth-order valence-electron chi connectivity index (χ4n) is 5.29. The van der Waals surface area contributed by atoms with E-state index in [4.69, 9.17) is 14.2 Å². The molecule has 0 saturated carbocycles. The standard InChI is InChI=1S/C34H65NO6/c1-3-5-7-9-12-16-21-31(22-17-13-10-8-6-4-2)41-34(38)23-18-14-11-15-19-25-35(27-28-36)26-20-24-33(37)40-30-32-29-39-32/h31-32,36H,3-30H2,1-2H3. The molecule has 7 nitrogen and oxygen atoms in total. The lowest BCUT2D eigenvalue weighted by Crippen LogP contribution is -2.29. The molecular formula is C34H65NO6. The van der Waals surface area contributed by atoms with Gasteiger partial charge in [-0.1, -0.05) is 97.3 Å². The quantitative estimate of drug-likeness (QED) is 0.0507. The van der Waals surface area contributed by atoms with Gasteiger partial charge in [-0.25, -0.2) is 0 Å². The van der Waals surface area contributed by atoms with E-state index in [0.29, 0.717) is 32.6 Å². The molecule has 1 aliphatic heterocycles. The molecule has 0 bridgehead atoms. The molecule has 1 aliphatic rings. The fraction of sp³-hybridized carbons (Fsp3) is 0.941. The van der Waals surface area contributed by atoms with Gasteiger partial charge in [-0.05, 0) is 58.0 Å². The third-order valence-electron chi connectivity index (χ3n) is 8.02. The predicted molar refractivity (Wildman–Crippen MR) is 167 cm³/mol. The van der Waals surface area contributed by atoms with Gasteiger partial charge >= 0.3 is 11.9 Å². The van der Waals surface area contributed by atoms with Crippen molar-refractivity contribution in [2.24, 2.45) is 0 Å². The van der Waals surface area contributed by atoms with Crippen LogP contribution in [0.1, 0.15) is 155 Å². The molecule has 1 atom stereocenters. The number of carbonyl (C=O) groups excluding carboxylic acids is 2. The predicted octanol–water partition coefficient (Wildman–Crippen LogP) is 7.76. The average Bonchev–Trinajstić information content (AvgIpc) is 3.79. The van der Waals surface area contributed by atoms with Crippen molar-refractivity contribution in [3.05, 3.63) is 0 Å². The van der Waals surface area contributed by atoms with E-state index in [2.05, 4.69) is 18.7 Å². The molecule has 1 fully saturated rings. The molecule has 0 spiro atoms. The monoisotopic (exact) mass is 583 g/mol. The molecule has 1 N–H and O–H groups in total. The van der Waals surface area contributed by atoms with Gasteiger partial charge < -0.3 is 24.2 Å². The largest absolute Gasteiger partial charge is 0.463 e. The van der Waals surface area contributed by atoms with E-state index in [9.17, 15) is 14.7 Å². The first kappa shape index (κ1) is 37.8. The fourth-order valence-corrected chi connectivity index (χ4v) is 5.29. The Hall–Kier alpha value is -1.18. The van der Waals surface area contributed by atoms with E-state index >= 15 is 0 Å². The van der Waals surface area contributed by atoms with Gasteiger partial charge in [-0.15, -0.1) is 0 Å². The molecular weight excluding hydrogens is 518 g/mol. The second-order valence-corrected chi connectivity index (χ2v) is 12.0. The lowest BCUT2D eigenvalue weighted by molar-refractivity contribution is -0.150. The highest BCUT2D eigenvalue weighted by Gasteiger charge is 2.24. The van der Waals surface area contributed by atoms with Crippen molar-refractivity contribution >= 4 is 11.9 Å². The summed E-state index contributed by atoms with van der Waals surface area (Å²) < 4.78 is 16.2. The van der Waals surface area contributed by atoms with Crippen LogP contribution in [0.25, 0.3) is 0 Å². The molecule has 0 aromatic heterocycles. The normalized spacial score (nSPS) is 14.6. The zero-order valence-electron chi connectivity index (χ0n) is 26.9. The Morgan fingerprint density at radius 3 is 1.80 bits per heavy atom. The maximum absolute atomic E-state index is 12.6. The molecule has 0 aromatic rings. The second kappa shape index (κ2) is 27.6. The highest BCUT2D eigenvalue weighted by atomic mass is 16.6. The number of aliphatic hydroxyl groups is 1. The Balaban J connectivity index is 2.14. The summed E-state index contributed by atoms with van der Waals surface area (Å²) in [6, 6.07) is 0. The van der Waals surface area contributed by atoms with Crippen molar-refractivity contribution in [1.82, 2.24) is 4.90 Å². The van der Waals surface area contributed by atoms with Crippen molar-refractivity contribution in [3.8, 4) is 0 Å². The highest BCUT2D eigenvalue weighted by molar-refractivity contribution is 5.69. The number of rotatable bonds is 31. The number of unbranched alkanes of at least 4 members (excludes halogenated alkanes) is 14. The molecule has 1 rings (SSSR count). The summed E-state index contributed by atoms with van der Waals surface area (Å²) in [7, 11) is 0. The van der Waals surface area contributed by atoms with Crippen LogP contribution in [0, 0.1) is 0 Å². The zero-order valence-corrected chi connectivity index (χ0v) is 26.9.